The van der Waals surface area contributed by atoms with Crippen molar-refractivity contribution in [1.82, 2.24) is 9.78 Å². The van der Waals surface area contributed by atoms with Crippen LogP contribution in [0.1, 0.15) is 16.1 Å². The first-order valence-corrected chi connectivity index (χ1v) is 5.02. The molecule has 1 aromatic heterocycles. The largest absolute Gasteiger partial charge is 0.465 e. The van der Waals surface area contributed by atoms with E-state index < -0.39 is 5.97 Å². The van der Waals surface area contributed by atoms with Crippen LogP contribution in [0.4, 0.5) is 4.39 Å². The van der Waals surface area contributed by atoms with Crippen LogP contribution < -0.4 is 0 Å². The SMILES string of the molecule is COC(=O)c1cn(-c2ccc(F)cc2)nc1C. The highest BCUT2D eigenvalue weighted by Crippen LogP contribution is 2.13. The van der Waals surface area contributed by atoms with Gasteiger partial charge in [0.25, 0.3) is 0 Å². The Balaban J connectivity index is 2.41. The molecule has 0 spiro atoms. The molecule has 1 heterocycles. The molecule has 0 saturated heterocycles. The Morgan fingerprint density at radius 1 is 1.35 bits per heavy atom. The highest BCUT2D eigenvalue weighted by atomic mass is 19.1. The van der Waals surface area contributed by atoms with Crippen LogP contribution in [0.2, 0.25) is 0 Å². The van der Waals surface area contributed by atoms with E-state index in [2.05, 4.69) is 9.84 Å². The van der Waals surface area contributed by atoms with E-state index in [4.69, 9.17) is 0 Å². The van der Waals surface area contributed by atoms with Gasteiger partial charge in [-0.2, -0.15) is 5.10 Å². The van der Waals surface area contributed by atoms with Crippen LogP contribution in [0.3, 0.4) is 0 Å². The normalized spacial score (nSPS) is 10.3. The Morgan fingerprint density at radius 3 is 2.59 bits per heavy atom. The summed E-state index contributed by atoms with van der Waals surface area (Å²) in [5.41, 5.74) is 1.66. The lowest BCUT2D eigenvalue weighted by Crippen LogP contribution is -2.01. The monoisotopic (exact) mass is 234 g/mol. The summed E-state index contributed by atoms with van der Waals surface area (Å²) in [5, 5.41) is 4.17. The highest BCUT2D eigenvalue weighted by Gasteiger charge is 2.14. The molecule has 2 aromatic rings. The maximum absolute atomic E-state index is 12.8. The third kappa shape index (κ3) is 2.18. The van der Waals surface area contributed by atoms with Gasteiger partial charge in [-0.25, -0.2) is 13.9 Å². The second-order valence-electron chi connectivity index (χ2n) is 3.54. The molecular formula is C12H11FN2O2. The third-order valence-corrected chi connectivity index (χ3v) is 2.40. The predicted molar refractivity (Wildman–Crippen MR) is 59.6 cm³/mol. The van der Waals surface area contributed by atoms with Gasteiger partial charge in [0.15, 0.2) is 0 Å². The lowest BCUT2D eigenvalue weighted by molar-refractivity contribution is 0.0600. The van der Waals surface area contributed by atoms with Gasteiger partial charge >= 0.3 is 5.97 Å². The van der Waals surface area contributed by atoms with E-state index in [1.807, 2.05) is 0 Å². The Labute approximate surface area is 97.6 Å². The zero-order valence-electron chi connectivity index (χ0n) is 9.48. The first-order chi connectivity index (χ1) is 8.11. The average molecular weight is 234 g/mol. The number of ether oxygens (including phenoxy) is 1. The Kier molecular flexibility index (Phi) is 2.91. The fourth-order valence-electron chi connectivity index (χ4n) is 1.50. The van der Waals surface area contributed by atoms with E-state index in [9.17, 15) is 9.18 Å². The van der Waals surface area contributed by atoms with Crippen molar-refractivity contribution in [1.29, 1.82) is 0 Å². The topological polar surface area (TPSA) is 44.1 Å². The quantitative estimate of drug-likeness (QED) is 0.747. The number of hydrogen-bond donors (Lipinski definition) is 0. The molecule has 0 aliphatic carbocycles. The molecule has 0 fully saturated rings. The molecule has 88 valence electrons. The summed E-state index contributed by atoms with van der Waals surface area (Å²) >= 11 is 0. The van der Waals surface area contributed by atoms with Gasteiger partial charge in [-0.15, -0.1) is 0 Å². The van der Waals surface area contributed by atoms with Gasteiger partial charge in [0.05, 0.1) is 18.5 Å². The Morgan fingerprint density at radius 2 is 2.00 bits per heavy atom. The van der Waals surface area contributed by atoms with Crippen molar-refractivity contribution in [3.05, 3.63) is 47.5 Å². The van der Waals surface area contributed by atoms with Gasteiger partial charge in [-0.1, -0.05) is 0 Å². The number of rotatable bonds is 2. The standard InChI is InChI=1S/C12H11FN2O2/c1-8-11(12(16)17-2)7-15(14-8)10-5-3-9(13)4-6-10/h3-7H,1-2H3. The van der Waals surface area contributed by atoms with Crippen LogP contribution >= 0.6 is 0 Å². The van der Waals surface area contributed by atoms with Crippen molar-refractivity contribution in [2.75, 3.05) is 7.11 Å². The number of methoxy groups -OCH3 is 1. The molecular weight excluding hydrogens is 223 g/mol. The second-order valence-corrected chi connectivity index (χ2v) is 3.54. The smallest absolute Gasteiger partial charge is 0.341 e. The Bertz CT molecular complexity index is 546. The molecule has 17 heavy (non-hydrogen) atoms. The summed E-state index contributed by atoms with van der Waals surface area (Å²) in [6.07, 6.45) is 1.56. The molecule has 0 radical (unpaired) electrons. The first-order valence-electron chi connectivity index (χ1n) is 5.02. The number of hydrogen-bond acceptors (Lipinski definition) is 3. The summed E-state index contributed by atoms with van der Waals surface area (Å²) < 4.78 is 18.9. The van der Waals surface area contributed by atoms with Crippen LogP contribution in [0, 0.1) is 12.7 Å². The lowest BCUT2D eigenvalue weighted by atomic mass is 10.3. The van der Waals surface area contributed by atoms with Crippen molar-refractivity contribution >= 4 is 5.97 Å². The van der Waals surface area contributed by atoms with Crippen LogP contribution in [-0.4, -0.2) is 22.9 Å². The number of aromatic nitrogens is 2. The third-order valence-electron chi connectivity index (χ3n) is 2.40. The highest BCUT2D eigenvalue weighted by molar-refractivity contribution is 5.90. The molecule has 0 aliphatic heterocycles. The van der Waals surface area contributed by atoms with Gasteiger partial charge in [-0.3, -0.25) is 0 Å². The number of nitrogens with zero attached hydrogens (tertiary/aromatic N) is 2. The molecule has 0 unspecified atom stereocenters. The molecule has 0 bridgehead atoms. The van der Waals surface area contributed by atoms with E-state index >= 15 is 0 Å². The van der Waals surface area contributed by atoms with E-state index in [0.29, 0.717) is 16.9 Å². The molecule has 0 atom stereocenters. The van der Waals surface area contributed by atoms with E-state index in [1.165, 1.54) is 23.9 Å². The van der Waals surface area contributed by atoms with Gasteiger partial charge in [-0.05, 0) is 31.2 Å². The number of aryl methyl sites for hydroxylation is 1. The molecule has 5 heteroatoms. The van der Waals surface area contributed by atoms with E-state index in [-0.39, 0.29) is 5.82 Å². The maximum atomic E-state index is 12.8. The summed E-state index contributed by atoms with van der Waals surface area (Å²) in [4.78, 5) is 11.4. The number of halogens is 1. The summed E-state index contributed by atoms with van der Waals surface area (Å²) in [7, 11) is 1.32. The fraction of sp³-hybridized carbons (Fsp3) is 0.167. The minimum absolute atomic E-state index is 0.314. The van der Waals surface area contributed by atoms with Crippen molar-refractivity contribution in [3.8, 4) is 5.69 Å². The van der Waals surface area contributed by atoms with E-state index in [0.717, 1.165) is 0 Å². The Hall–Kier alpha value is -2.17. The number of carbonyl (C=O) groups excluding carboxylic acids is 1. The molecule has 4 nitrogen and oxygen atoms in total. The predicted octanol–water partition coefficient (Wildman–Crippen LogP) is 2.11. The second kappa shape index (κ2) is 4.37. The number of carbonyl (C=O) groups is 1. The average Bonchev–Trinajstić information content (AvgIpc) is 2.71. The molecule has 0 amide bonds. The molecule has 0 aliphatic rings. The zero-order valence-corrected chi connectivity index (χ0v) is 9.48. The van der Waals surface area contributed by atoms with Crippen LogP contribution in [0.25, 0.3) is 5.69 Å². The van der Waals surface area contributed by atoms with Gasteiger partial charge in [0.1, 0.15) is 11.4 Å². The van der Waals surface area contributed by atoms with Gasteiger partial charge in [0, 0.05) is 6.20 Å². The lowest BCUT2D eigenvalue weighted by Gasteiger charge is -1.99. The van der Waals surface area contributed by atoms with Crippen LogP contribution in [0.15, 0.2) is 30.5 Å². The van der Waals surface area contributed by atoms with Crippen molar-refractivity contribution in [2.45, 2.75) is 6.92 Å². The van der Waals surface area contributed by atoms with Gasteiger partial charge in [0.2, 0.25) is 0 Å². The molecule has 2 rings (SSSR count). The van der Waals surface area contributed by atoms with Crippen LogP contribution in [-0.2, 0) is 4.74 Å². The minimum Gasteiger partial charge on any atom is -0.465 e. The molecule has 0 N–H and O–H groups in total. The maximum Gasteiger partial charge on any atom is 0.341 e. The summed E-state index contributed by atoms with van der Waals surface area (Å²) in [6.45, 7) is 1.71. The van der Waals surface area contributed by atoms with Crippen molar-refractivity contribution in [3.63, 3.8) is 0 Å². The minimum atomic E-state index is -0.434. The molecule has 1 aromatic carbocycles. The summed E-state index contributed by atoms with van der Waals surface area (Å²) in [5.74, 6) is -0.748. The number of esters is 1. The number of benzene rings is 1. The fourth-order valence-corrected chi connectivity index (χ4v) is 1.50. The van der Waals surface area contributed by atoms with Crippen LogP contribution in [0.5, 0.6) is 0 Å². The van der Waals surface area contributed by atoms with Crippen molar-refractivity contribution in [2.24, 2.45) is 0 Å². The van der Waals surface area contributed by atoms with Crippen molar-refractivity contribution < 1.29 is 13.9 Å². The van der Waals surface area contributed by atoms with E-state index in [1.54, 1.807) is 25.3 Å². The first kappa shape index (κ1) is 11.3. The molecule has 0 saturated carbocycles. The van der Waals surface area contributed by atoms with Gasteiger partial charge < -0.3 is 4.74 Å². The zero-order chi connectivity index (χ0) is 12.4. The summed E-state index contributed by atoms with van der Waals surface area (Å²) in [6, 6.07) is 5.85.